The van der Waals surface area contributed by atoms with E-state index in [4.69, 9.17) is 4.98 Å². The quantitative estimate of drug-likeness (QED) is 0.831. The van der Waals surface area contributed by atoms with Gasteiger partial charge < -0.3 is 4.90 Å². The molecule has 1 unspecified atom stereocenters. The summed E-state index contributed by atoms with van der Waals surface area (Å²) in [5.41, 5.74) is 0.765. The van der Waals surface area contributed by atoms with E-state index in [0.717, 1.165) is 56.8 Å². The van der Waals surface area contributed by atoms with Crippen molar-refractivity contribution in [3.8, 4) is 0 Å². The zero-order valence-electron chi connectivity index (χ0n) is 16.2. The van der Waals surface area contributed by atoms with Crippen LogP contribution in [-0.2, 0) is 11.8 Å². The van der Waals surface area contributed by atoms with Gasteiger partial charge in [0.05, 0.1) is 16.9 Å². The van der Waals surface area contributed by atoms with Crippen molar-refractivity contribution in [3.63, 3.8) is 0 Å². The average Bonchev–Trinajstić information content (AvgIpc) is 2.65. The zero-order valence-corrected chi connectivity index (χ0v) is 16.2. The fourth-order valence-electron chi connectivity index (χ4n) is 4.30. The standard InChI is InChI=1S/C21H28N4O2/c1-3-18(19-22-17-10-5-4-9-16(17)21(27)23(19)2)24-11-13-25(14-12-24)20(26)15-7-6-8-15/h4-5,9-10,15,18H,3,6-8,11-14H2,1-2H3. The van der Waals surface area contributed by atoms with Crippen molar-refractivity contribution < 1.29 is 4.79 Å². The summed E-state index contributed by atoms with van der Waals surface area (Å²) in [6.07, 6.45) is 4.19. The molecule has 2 fully saturated rings. The number of fused-ring (bicyclic) bond motifs is 1. The molecule has 4 rings (SSSR count). The first-order valence-corrected chi connectivity index (χ1v) is 10.1. The van der Waals surface area contributed by atoms with E-state index in [2.05, 4.69) is 11.8 Å². The molecule has 1 saturated carbocycles. The highest BCUT2D eigenvalue weighted by Gasteiger charge is 2.33. The molecule has 0 N–H and O–H groups in total. The Morgan fingerprint density at radius 3 is 2.52 bits per heavy atom. The van der Waals surface area contributed by atoms with Crippen molar-refractivity contribution in [1.82, 2.24) is 19.4 Å². The lowest BCUT2D eigenvalue weighted by Gasteiger charge is -2.41. The number of nitrogens with zero attached hydrogens (tertiary/aromatic N) is 4. The van der Waals surface area contributed by atoms with Gasteiger partial charge in [0.1, 0.15) is 5.82 Å². The molecule has 2 aromatic rings. The summed E-state index contributed by atoms with van der Waals surface area (Å²) >= 11 is 0. The fraction of sp³-hybridized carbons (Fsp3) is 0.571. The van der Waals surface area contributed by atoms with Crippen molar-refractivity contribution in [2.24, 2.45) is 13.0 Å². The molecule has 1 aliphatic carbocycles. The van der Waals surface area contributed by atoms with Gasteiger partial charge in [0, 0.05) is 39.1 Å². The van der Waals surface area contributed by atoms with Gasteiger partial charge in [0.2, 0.25) is 5.91 Å². The zero-order chi connectivity index (χ0) is 19.0. The molecule has 0 radical (unpaired) electrons. The molecule has 27 heavy (non-hydrogen) atoms. The smallest absolute Gasteiger partial charge is 0.261 e. The van der Waals surface area contributed by atoms with Crippen LogP contribution in [0.1, 0.15) is 44.5 Å². The van der Waals surface area contributed by atoms with Crippen LogP contribution in [0.3, 0.4) is 0 Å². The molecule has 0 spiro atoms. The number of hydrogen-bond donors (Lipinski definition) is 0. The fourth-order valence-corrected chi connectivity index (χ4v) is 4.30. The molecule has 6 nitrogen and oxygen atoms in total. The van der Waals surface area contributed by atoms with Crippen LogP contribution in [0.5, 0.6) is 0 Å². The Hall–Kier alpha value is -2.21. The van der Waals surface area contributed by atoms with Crippen LogP contribution in [0.25, 0.3) is 10.9 Å². The number of aromatic nitrogens is 2. The number of carbonyl (C=O) groups is 1. The number of amides is 1. The lowest BCUT2D eigenvalue weighted by atomic mass is 9.84. The van der Waals surface area contributed by atoms with Gasteiger partial charge in [-0.3, -0.25) is 19.1 Å². The summed E-state index contributed by atoms with van der Waals surface area (Å²) in [5.74, 6) is 1.42. The number of benzene rings is 1. The largest absolute Gasteiger partial charge is 0.340 e. The second-order valence-electron chi connectivity index (χ2n) is 7.76. The van der Waals surface area contributed by atoms with Crippen LogP contribution >= 0.6 is 0 Å². The van der Waals surface area contributed by atoms with Crippen molar-refractivity contribution >= 4 is 16.8 Å². The Labute approximate surface area is 159 Å². The van der Waals surface area contributed by atoms with Gasteiger partial charge in [-0.15, -0.1) is 0 Å². The molecule has 1 amide bonds. The van der Waals surface area contributed by atoms with E-state index in [1.165, 1.54) is 6.42 Å². The van der Waals surface area contributed by atoms with Crippen molar-refractivity contribution in [3.05, 3.63) is 40.4 Å². The molecule has 2 heterocycles. The molecule has 1 aromatic carbocycles. The molecule has 1 saturated heterocycles. The van der Waals surface area contributed by atoms with Gasteiger partial charge in [0.15, 0.2) is 0 Å². The molecule has 144 valence electrons. The summed E-state index contributed by atoms with van der Waals surface area (Å²) in [4.78, 5) is 34.5. The average molecular weight is 368 g/mol. The van der Waals surface area contributed by atoms with E-state index in [-0.39, 0.29) is 17.5 Å². The molecule has 1 aliphatic heterocycles. The number of rotatable bonds is 4. The number of carbonyl (C=O) groups excluding carboxylic acids is 1. The third-order valence-corrected chi connectivity index (χ3v) is 6.22. The van der Waals surface area contributed by atoms with Gasteiger partial charge in [-0.2, -0.15) is 0 Å². The number of para-hydroxylation sites is 1. The Bertz CT molecular complexity index is 895. The topological polar surface area (TPSA) is 58.4 Å². The first-order chi connectivity index (χ1) is 13.1. The minimum atomic E-state index is 0.00727. The van der Waals surface area contributed by atoms with Crippen molar-refractivity contribution in [2.45, 2.75) is 38.6 Å². The highest BCUT2D eigenvalue weighted by Crippen LogP contribution is 2.30. The molecular formula is C21H28N4O2. The van der Waals surface area contributed by atoms with E-state index in [0.29, 0.717) is 11.3 Å². The van der Waals surface area contributed by atoms with E-state index in [1.807, 2.05) is 36.2 Å². The van der Waals surface area contributed by atoms with Gasteiger partial charge in [-0.25, -0.2) is 4.98 Å². The maximum atomic E-state index is 12.8. The van der Waals surface area contributed by atoms with Crippen LogP contribution in [0.15, 0.2) is 29.1 Å². The van der Waals surface area contributed by atoms with Crippen LogP contribution in [0.2, 0.25) is 0 Å². The van der Waals surface area contributed by atoms with Crippen LogP contribution in [0.4, 0.5) is 0 Å². The summed E-state index contributed by atoms with van der Waals surface area (Å²) < 4.78 is 1.70. The van der Waals surface area contributed by atoms with Gasteiger partial charge in [0.25, 0.3) is 5.56 Å². The van der Waals surface area contributed by atoms with Crippen molar-refractivity contribution in [2.75, 3.05) is 26.2 Å². The van der Waals surface area contributed by atoms with Crippen molar-refractivity contribution in [1.29, 1.82) is 0 Å². The normalized spacial score (nSPS) is 19.9. The molecule has 1 atom stereocenters. The Morgan fingerprint density at radius 2 is 1.89 bits per heavy atom. The van der Waals surface area contributed by atoms with Gasteiger partial charge in [-0.05, 0) is 31.4 Å². The maximum Gasteiger partial charge on any atom is 0.261 e. The van der Waals surface area contributed by atoms with Gasteiger partial charge in [-0.1, -0.05) is 25.5 Å². The number of hydrogen-bond acceptors (Lipinski definition) is 4. The predicted octanol–water partition coefficient (Wildman–Crippen LogP) is 2.33. The third kappa shape index (κ3) is 3.27. The van der Waals surface area contributed by atoms with Crippen LogP contribution in [-0.4, -0.2) is 51.4 Å². The first-order valence-electron chi connectivity index (χ1n) is 10.1. The summed E-state index contributed by atoms with van der Waals surface area (Å²) in [6, 6.07) is 7.63. The number of piperazine rings is 1. The SMILES string of the molecule is CCC(c1nc2ccccc2c(=O)n1C)N1CCN(C(=O)C2CCC2)CC1. The highest BCUT2D eigenvalue weighted by atomic mass is 16.2. The Morgan fingerprint density at radius 1 is 1.19 bits per heavy atom. The first kappa shape index (κ1) is 18.2. The molecule has 1 aromatic heterocycles. The lowest BCUT2D eigenvalue weighted by molar-refractivity contribution is -0.140. The molecular weight excluding hydrogens is 340 g/mol. The third-order valence-electron chi connectivity index (χ3n) is 6.22. The summed E-state index contributed by atoms with van der Waals surface area (Å²) in [5, 5.41) is 0.662. The summed E-state index contributed by atoms with van der Waals surface area (Å²) in [6.45, 7) is 5.35. The Kier molecular flexibility index (Phi) is 5.00. The molecule has 0 bridgehead atoms. The monoisotopic (exact) mass is 368 g/mol. The minimum absolute atomic E-state index is 0.00727. The molecule has 6 heteroatoms. The Balaban J connectivity index is 1.54. The molecule has 2 aliphatic rings. The second-order valence-corrected chi connectivity index (χ2v) is 7.76. The minimum Gasteiger partial charge on any atom is -0.340 e. The summed E-state index contributed by atoms with van der Waals surface area (Å²) in [7, 11) is 1.82. The maximum absolute atomic E-state index is 12.8. The highest BCUT2D eigenvalue weighted by molar-refractivity contribution is 5.79. The predicted molar refractivity (Wildman–Crippen MR) is 106 cm³/mol. The van der Waals surface area contributed by atoms with E-state index in [1.54, 1.807) is 4.57 Å². The van der Waals surface area contributed by atoms with Crippen LogP contribution in [0, 0.1) is 5.92 Å². The second kappa shape index (κ2) is 7.43. The van der Waals surface area contributed by atoms with E-state index >= 15 is 0 Å². The van der Waals surface area contributed by atoms with E-state index in [9.17, 15) is 9.59 Å². The van der Waals surface area contributed by atoms with Crippen LogP contribution < -0.4 is 5.56 Å². The van der Waals surface area contributed by atoms with Gasteiger partial charge >= 0.3 is 0 Å². The lowest BCUT2D eigenvalue weighted by Crippen LogP contribution is -2.52. The van der Waals surface area contributed by atoms with E-state index < -0.39 is 0 Å².